The quantitative estimate of drug-likeness (QED) is 0.658. The van der Waals surface area contributed by atoms with Gasteiger partial charge in [0, 0.05) is 18.6 Å². The van der Waals surface area contributed by atoms with E-state index < -0.39 is 0 Å². The molecular weight excluding hydrogens is 162 g/mol. The Morgan fingerprint density at radius 2 is 2.46 bits per heavy atom. The van der Waals surface area contributed by atoms with Crippen LogP contribution in [0.2, 0.25) is 0 Å². The van der Waals surface area contributed by atoms with Crippen LogP contribution in [0.1, 0.15) is 26.2 Å². The lowest BCUT2D eigenvalue weighted by Crippen LogP contribution is -2.36. The maximum atomic E-state index is 5.56. The summed E-state index contributed by atoms with van der Waals surface area (Å²) in [7, 11) is 2.04. The van der Waals surface area contributed by atoms with Crippen molar-refractivity contribution in [3.63, 3.8) is 0 Å². The average Bonchev–Trinajstić information content (AvgIpc) is 2.54. The lowest BCUT2D eigenvalue weighted by Gasteiger charge is -2.24. The van der Waals surface area contributed by atoms with Crippen LogP contribution in [-0.4, -0.2) is 25.8 Å². The third-order valence-electron chi connectivity index (χ3n) is 3.00. The van der Waals surface area contributed by atoms with Crippen molar-refractivity contribution in [2.75, 3.05) is 13.7 Å². The summed E-state index contributed by atoms with van der Waals surface area (Å²) in [6.07, 6.45) is 5.88. The Balaban J connectivity index is 2.39. The first kappa shape index (κ1) is 10.7. The highest BCUT2D eigenvalue weighted by atomic mass is 16.5. The van der Waals surface area contributed by atoms with Crippen LogP contribution in [-0.2, 0) is 4.74 Å². The predicted molar refractivity (Wildman–Crippen MR) is 55.8 cm³/mol. The first-order chi connectivity index (χ1) is 6.29. The third kappa shape index (κ3) is 2.82. The zero-order chi connectivity index (χ0) is 9.68. The average molecular weight is 183 g/mol. The minimum absolute atomic E-state index is 0.419. The van der Waals surface area contributed by atoms with Crippen LogP contribution in [0.3, 0.4) is 0 Å². The molecular formula is C11H21NO. The number of hydrogen-bond donors (Lipinski definition) is 1. The molecule has 0 amide bonds. The van der Waals surface area contributed by atoms with E-state index in [1.807, 2.05) is 13.1 Å². The van der Waals surface area contributed by atoms with E-state index >= 15 is 0 Å². The van der Waals surface area contributed by atoms with Crippen molar-refractivity contribution in [2.24, 2.45) is 5.92 Å². The smallest absolute Gasteiger partial charge is 0.0590 e. The minimum atomic E-state index is 0.419. The first-order valence-electron chi connectivity index (χ1n) is 5.19. The molecule has 1 N–H and O–H groups in total. The van der Waals surface area contributed by atoms with Crippen molar-refractivity contribution in [3.8, 4) is 0 Å². The van der Waals surface area contributed by atoms with Gasteiger partial charge in [-0.1, -0.05) is 6.08 Å². The van der Waals surface area contributed by atoms with E-state index in [1.165, 1.54) is 12.8 Å². The van der Waals surface area contributed by atoms with Gasteiger partial charge < -0.3 is 10.1 Å². The van der Waals surface area contributed by atoms with Crippen molar-refractivity contribution < 1.29 is 4.74 Å². The highest BCUT2D eigenvalue weighted by molar-refractivity contribution is 4.85. The molecule has 3 unspecified atom stereocenters. The van der Waals surface area contributed by atoms with Crippen molar-refractivity contribution in [3.05, 3.63) is 12.7 Å². The maximum absolute atomic E-state index is 5.56. The zero-order valence-corrected chi connectivity index (χ0v) is 8.75. The largest absolute Gasteiger partial charge is 0.378 e. The van der Waals surface area contributed by atoms with E-state index in [1.54, 1.807) is 0 Å². The molecule has 1 heterocycles. The molecule has 0 spiro atoms. The molecule has 0 radical (unpaired) electrons. The number of allylic oxidation sites excluding steroid dienone is 1. The van der Waals surface area contributed by atoms with Gasteiger partial charge in [-0.15, -0.1) is 6.58 Å². The van der Waals surface area contributed by atoms with E-state index in [-0.39, 0.29) is 0 Å². The predicted octanol–water partition coefficient (Wildman–Crippen LogP) is 1.97. The molecule has 3 atom stereocenters. The van der Waals surface area contributed by atoms with E-state index in [4.69, 9.17) is 4.74 Å². The summed E-state index contributed by atoms with van der Waals surface area (Å²) in [6, 6.07) is 0.593. The van der Waals surface area contributed by atoms with E-state index in [0.29, 0.717) is 18.1 Å². The number of nitrogens with one attached hydrogen (secondary N) is 1. The van der Waals surface area contributed by atoms with E-state index in [0.717, 1.165) is 13.0 Å². The lowest BCUT2D eigenvalue weighted by molar-refractivity contribution is 0.0954. The minimum Gasteiger partial charge on any atom is -0.378 e. The first-order valence-corrected chi connectivity index (χ1v) is 5.19. The molecule has 1 aliphatic heterocycles. The molecule has 13 heavy (non-hydrogen) atoms. The Morgan fingerprint density at radius 3 is 2.92 bits per heavy atom. The van der Waals surface area contributed by atoms with Gasteiger partial charge in [-0.25, -0.2) is 0 Å². The molecule has 1 rings (SSSR count). The van der Waals surface area contributed by atoms with E-state index in [9.17, 15) is 0 Å². The van der Waals surface area contributed by atoms with Gasteiger partial charge in [-0.3, -0.25) is 0 Å². The van der Waals surface area contributed by atoms with Gasteiger partial charge in [0.25, 0.3) is 0 Å². The van der Waals surface area contributed by atoms with Crippen LogP contribution >= 0.6 is 0 Å². The fraction of sp³-hybridized carbons (Fsp3) is 0.818. The molecule has 0 saturated carbocycles. The molecule has 0 aromatic heterocycles. The zero-order valence-electron chi connectivity index (χ0n) is 8.75. The fourth-order valence-corrected chi connectivity index (χ4v) is 2.15. The van der Waals surface area contributed by atoms with Gasteiger partial charge in [-0.2, -0.15) is 0 Å². The van der Waals surface area contributed by atoms with Crippen molar-refractivity contribution in [2.45, 2.75) is 38.3 Å². The summed E-state index contributed by atoms with van der Waals surface area (Å²) in [5.41, 5.74) is 0. The van der Waals surface area contributed by atoms with Crippen molar-refractivity contribution >= 4 is 0 Å². The molecule has 1 fully saturated rings. The monoisotopic (exact) mass is 183 g/mol. The fourth-order valence-electron chi connectivity index (χ4n) is 2.15. The van der Waals surface area contributed by atoms with Gasteiger partial charge in [0.05, 0.1) is 6.10 Å². The molecule has 76 valence electrons. The highest BCUT2D eigenvalue weighted by Gasteiger charge is 2.30. The van der Waals surface area contributed by atoms with Gasteiger partial charge in [0.1, 0.15) is 0 Å². The second-order valence-corrected chi connectivity index (χ2v) is 3.79. The molecule has 0 aliphatic carbocycles. The van der Waals surface area contributed by atoms with Crippen LogP contribution in [0.4, 0.5) is 0 Å². The second-order valence-electron chi connectivity index (χ2n) is 3.79. The third-order valence-corrected chi connectivity index (χ3v) is 3.00. The Bertz CT molecular complexity index is 158. The Kier molecular flexibility index (Phi) is 4.46. The summed E-state index contributed by atoms with van der Waals surface area (Å²) in [4.78, 5) is 0. The molecule has 2 nitrogen and oxygen atoms in total. The topological polar surface area (TPSA) is 21.3 Å². The lowest BCUT2D eigenvalue weighted by atomic mass is 9.90. The Labute approximate surface area is 81.4 Å². The maximum Gasteiger partial charge on any atom is 0.0590 e. The van der Waals surface area contributed by atoms with Gasteiger partial charge in [-0.05, 0) is 33.2 Å². The number of ether oxygens (including phenoxy) is 1. The van der Waals surface area contributed by atoms with Crippen LogP contribution in [0, 0.1) is 5.92 Å². The normalized spacial score (nSPS) is 30.3. The van der Waals surface area contributed by atoms with Crippen LogP contribution in [0.15, 0.2) is 12.7 Å². The number of rotatable bonds is 5. The summed E-state index contributed by atoms with van der Waals surface area (Å²) < 4.78 is 5.56. The molecule has 2 heteroatoms. The van der Waals surface area contributed by atoms with Crippen molar-refractivity contribution in [1.29, 1.82) is 0 Å². The summed E-state index contributed by atoms with van der Waals surface area (Å²) in [5.74, 6) is 0.685. The Hall–Kier alpha value is -0.340. The molecule has 0 bridgehead atoms. The van der Waals surface area contributed by atoms with Gasteiger partial charge in [0.2, 0.25) is 0 Å². The molecule has 0 aromatic rings. The number of hydrogen-bond acceptors (Lipinski definition) is 2. The van der Waals surface area contributed by atoms with Gasteiger partial charge >= 0.3 is 0 Å². The second kappa shape index (κ2) is 5.40. The Morgan fingerprint density at radius 1 is 1.69 bits per heavy atom. The molecule has 1 saturated heterocycles. The van der Waals surface area contributed by atoms with Crippen LogP contribution < -0.4 is 5.32 Å². The molecule has 0 aromatic carbocycles. The van der Waals surface area contributed by atoms with E-state index in [2.05, 4.69) is 18.8 Å². The van der Waals surface area contributed by atoms with Crippen LogP contribution in [0.5, 0.6) is 0 Å². The van der Waals surface area contributed by atoms with Crippen molar-refractivity contribution in [1.82, 2.24) is 5.32 Å². The van der Waals surface area contributed by atoms with Crippen LogP contribution in [0.25, 0.3) is 0 Å². The van der Waals surface area contributed by atoms with Gasteiger partial charge in [0.15, 0.2) is 0 Å². The summed E-state index contributed by atoms with van der Waals surface area (Å²) in [6.45, 7) is 6.86. The highest BCUT2D eigenvalue weighted by Crippen LogP contribution is 2.25. The molecule has 1 aliphatic rings. The summed E-state index contributed by atoms with van der Waals surface area (Å²) in [5, 5.41) is 3.38. The summed E-state index contributed by atoms with van der Waals surface area (Å²) >= 11 is 0. The SMILES string of the molecule is C=CCCC(NC)C1CCOC1C. The standard InChI is InChI=1S/C11H21NO/c1-4-5-6-11(12-3)10-7-8-13-9(10)2/h4,9-12H,1,5-8H2,2-3H3.